The van der Waals surface area contributed by atoms with Gasteiger partial charge in [0, 0.05) is 49.4 Å². The molecule has 1 aliphatic carbocycles. The van der Waals surface area contributed by atoms with E-state index in [-0.39, 0.29) is 11.8 Å². The first-order chi connectivity index (χ1) is 13.5. The van der Waals surface area contributed by atoms with Crippen molar-refractivity contribution in [2.45, 2.75) is 65.0 Å². The van der Waals surface area contributed by atoms with Crippen molar-refractivity contribution in [3.63, 3.8) is 0 Å². The molecular formula is C21H33N5O2. The van der Waals surface area contributed by atoms with E-state index in [0.29, 0.717) is 24.4 Å². The first-order valence-corrected chi connectivity index (χ1v) is 10.8. The predicted octanol–water partition coefficient (Wildman–Crippen LogP) is 1.76. The summed E-state index contributed by atoms with van der Waals surface area (Å²) in [4.78, 5) is 29.6. The van der Waals surface area contributed by atoms with Crippen LogP contribution in [0, 0.1) is 25.7 Å². The fraction of sp³-hybridized carbons (Fsp3) is 0.762. The van der Waals surface area contributed by atoms with E-state index < -0.39 is 0 Å². The molecule has 0 unspecified atom stereocenters. The number of likely N-dealkylation sites (tertiary alicyclic amines) is 2. The van der Waals surface area contributed by atoms with Gasteiger partial charge in [0.15, 0.2) is 0 Å². The van der Waals surface area contributed by atoms with Gasteiger partial charge >= 0.3 is 0 Å². The van der Waals surface area contributed by atoms with Gasteiger partial charge in [-0.1, -0.05) is 0 Å². The van der Waals surface area contributed by atoms with Crippen molar-refractivity contribution in [1.29, 1.82) is 0 Å². The van der Waals surface area contributed by atoms with Gasteiger partial charge in [0.1, 0.15) is 0 Å². The molecule has 7 nitrogen and oxygen atoms in total. The number of amides is 2. The monoisotopic (exact) mass is 387 g/mol. The standard InChI is InChI=1S/C21H33N5O2/c1-14-19(15(2)24-23-14)12-22-20(27)17-4-3-9-26(13-17)18-7-10-25(11-8-18)21(28)16-5-6-16/h16-18H,3-13H2,1-2H3,(H,22,27)(H,23,24)/t17-/m0/s1. The summed E-state index contributed by atoms with van der Waals surface area (Å²) in [5.74, 6) is 0.916. The van der Waals surface area contributed by atoms with Crippen molar-refractivity contribution in [3.05, 3.63) is 17.0 Å². The molecule has 0 aromatic carbocycles. The van der Waals surface area contributed by atoms with Crippen molar-refractivity contribution >= 4 is 11.8 Å². The quantitative estimate of drug-likeness (QED) is 0.807. The lowest BCUT2D eigenvalue weighted by Crippen LogP contribution is -2.51. The maximum absolute atomic E-state index is 12.7. The van der Waals surface area contributed by atoms with Gasteiger partial charge in [-0.15, -0.1) is 0 Å². The van der Waals surface area contributed by atoms with Gasteiger partial charge < -0.3 is 10.2 Å². The van der Waals surface area contributed by atoms with Crippen LogP contribution in [0.25, 0.3) is 0 Å². The molecule has 2 amide bonds. The molecule has 28 heavy (non-hydrogen) atoms. The molecule has 7 heteroatoms. The number of aromatic nitrogens is 2. The Balaban J connectivity index is 1.26. The Labute approximate surface area is 167 Å². The van der Waals surface area contributed by atoms with Gasteiger partial charge in [-0.3, -0.25) is 19.6 Å². The molecule has 3 heterocycles. The summed E-state index contributed by atoms with van der Waals surface area (Å²) in [5.41, 5.74) is 3.07. The van der Waals surface area contributed by atoms with Crippen molar-refractivity contribution in [2.24, 2.45) is 11.8 Å². The van der Waals surface area contributed by atoms with Gasteiger partial charge in [0.25, 0.3) is 0 Å². The van der Waals surface area contributed by atoms with E-state index in [1.165, 1.54) is 0 Å². The first-order valence-electron chi connectivity index (χ1n) is 10.8. The number of aryl methyl sites for hydroxylation is 2. The highest BCUT2D eigenvalue weighted by Gasteiger charge is 2.37. The third-order valence-electron chi connectivity index (χ3n) is 6.76. The van der Waals surface area contributed by atoms with Gasteiger partial charge in [-0.25, -0.2) is 0 Å². The van der Waals surface area contributed by atoms with Crippen LogP contribution in [-0.4, -0.2) is 64.0 Å². The summed E-state index contributed by atoms with van der Waals surface area (Å²) >= 11 is 0. The second-order valence-electron chi connectivity index (χ2n) is 8.80. The molecule has 2 saturated heterocycles. The Kier molecular flexibility index (Phi) is 5.71. The van der Waals surface area contributed by atoms with E-state index in [4.69, 9.17) is 0 Å². The zero-order valence-electron chi connectivity index (χ0n) is 17.2. The molecule has 2 N–H and O–H groups in total. The molecule has 154 valence electrons. The number of nitrogens with zero attached hydrogens (tertiary/aromatic N) is 3. The van der Waals surface area contributed by atoms with Crippen LogP contribution in [0.3, 0.4) is 0 Å². The Morgan fingerprint density at radius 1 is 1.07 bits per heavy atom. The van der Waals surface area contributed by atoms with Crippen molar-refractivity contribution in [3.8, 4) is 0 Å². The summed E-state index contributed by atoms with van der Waals surface area (Å²) < 4.78 is 0. The lowest BCUT2D eigenvalue weighted by atomic mass is 9.93. The average molecular weight is 388 g/mol. The van der Waals surface area contributed by atoms with E-state index in [1.54, 1.807) is 0 Å². The zero-order chi connectivity index (χ0) is 19.7. The highest BCUT2D eigenvalue weighted by Crippen LogP contribution is 2.32. The third-order valence-corrected chi connectivity index (χ3v) is 6.76. The van der Waals surface area contributed by atoms with Gasteiger partial charge in [0.05, 0.1) is 11.6 Å². The summed E-state index contributed by atoms with van der Waals surface area (Å²) in [6.45, 7) is 8.18. The maximum Gasteiger partial charge on any atom is 0.225 e. The number of aromatic amines is 1. The Hall–Kier alpha value is -1.89. The largest absolute Gasteiger partial charge is 0.352 e. The molecule has 1 atom stereocenters. The smallest absolute Gasteiger partial charge is 0.225 e. The fourth-order valence-corrected chi connectivity index (χ4v) is 4.75. The fourth-order valence-electron chi connectivity index (χ4n) is 4.75. The molecule has 4 rings (SSSR count). The number of nitrogens with one attached hydrogen (secondary N) is 2. The van der Waals surface area contributed by atoms with Gasteiger partial charge in [-0.2, -0.15) is 5.10 Å². The second-order valence-corrected chi connectivity index (χ2v) is 8.80. The SMILES string of the molecule is Cc1n[nH]c(C)c1CNC(=O)[C@H]1CCCN(C2CCN(C(=O)C3CC3)CC2)C1. The minimum Gasteiger partial charge on any atom is -0.352 e. The van der Waals surface area contributed by atoms with Crippen LogP contribution in [0.2, 0.25) is 0 Å². The number of carbonyl (C=O) groups excluding carboxylic acids is 2. The molecule has 0 radical (unpaired) electrons. The lowest BCUT2D eigenvalue weighted by Gasteiger charge is -2.42. The number of hydrogen-bond donors (Lipinski definition) is 2. The molecule has 1 saturated carbocycles. The van der Waals surface area contributed by atoms with Crippen LogP contribution >= 0.6 is 0 Å². The van der Waals surface area contributed by atoms with Crippen LogP contribution in [0.1, 0.15) is 55.5 Å². The van der Waals surface area contributed by atoms with Crippen LogP contribution in [0.15, 0.2) is 0 Å². The Morgan fingerprint density at radius 3 is 2.46 bits per heavy atom. The predicted molar refractivity (Wildman–Crippen MR) is 107 cm³/mol. The number of hydrogen-bond acceptors (Lipinski definition) is 4. The molecule has 1 aromatic heterocycles. The molecule has 1 aromatic rings. The minimum atomic E-state index is 0.0624. The molecular weight excluding hydrogens is 354 g/mol. The number of rotatable bonds is 5. The number of H-pyrrole nitrogens is 1. The average Bonchev–Trinajstić information content (AvgIpc) is 3.52. The van der Waals surface area contributed by atoms with Crippen LogP contribution in [0.5, 0.6) is 0 Å². The van der Waals surface area contributed by atoms with E-state index >= 15 is 0 Å². The van der Waals surface area contributed by atoms with E-state index in [1.807, 2.05) is 13.8 Å². The molecule has 0 bridgehead atoms. The summed E-state index contributed by atoms with van der Waals surface area (Å²) in [5, 5.41) is 10.3. The second kappa shape index (κ2) is 8.23. The molecule has 3 fully saturated rings. The molecule has 0 spiro atoms. The summed E-state index contributed by atoms with van der Waals surface area (Å²) in [6, 6.07) is 0.511. The van der Waals surface area contributed by atoms with Crippen LogP contribution < -0.4 is 5.32 Å². The first kappa shape index (κ1) is 19.4. The maximum atomic E-state index is 12.7. The topological polar surface area (TPSA) is 81.3 Å². The van der Waals surface area contributed by atoms with Crippen molar-refractivity contribution in [1.82, 2.24) is 25.3 Å². The third kappa shape index (κ3) is 4.24. The zero-order valence-corrected chi connectivity index (χ0v) is 17.2. The van der Waals surface area contributed by atoms with Gasteiger partial charge in [0.2, 0.25) is 11.8 Å². The minimum absolute atomic E-state index is 0.0624. The highest BCUT2D eigenvalue weighted by molar-refractivity contribution is 5.81. The van der Waals surface area contributed by atoms with E-state index in [0.717, 1.165) is 81.7 Å². The molecule has 2 aliphatic heterocycles. The van der Waals surface area contributed by atoms with Crippen molar-refractivity contribution < 1.29 is 9.59 Å². The van der Waals surface area contributed by atoms with Crippen LogP contribution in [0.4, 0.5) is 0 Å². The van der Waals surface area contributed by atoms with E-state index in [9.17, 15) is 9.59 Å². The summed E-state index contributed by atoms with van der Waals surface area (Å²) in [6.07, 6.45) is 6.28. The Morgan fingerprint density at radius 2 is 1.82 bits per heavy atom. The molecule has 3 aliphatic rings. The highest BCUT2D eigenvalue weighted by atomic mass is 16.2. The van der Waals surface area contributed by atoms with Gasteiger partial charge in [-0.05, 0) is 58.9 Å². The van der Waals surface area contributed by atoms with E-state index in [2.05, 4.69) is 25.3 Å². The Bertz CT molecular complexity index is 699. The van der Waals surface area contributed by atoms with Crippen molar-refractivity contribution in [2.75, 3.05) is 26.2 Å². The summed E-state index contributed by atoms with van der Waals surface area (Å²) in [7, 11) is 0. The number of piperidine rings is 2. The number of carbonyl (C=O) groups is 2. The normalized spacial score (nSPS) is 24.4. The lowest BCUT2D eigenvalue weighted by molar-refractivity contribution is -0.134. The van der Waals surface area contributed by atoms with Crippen LogP contribution in [-0.2, 0) is 16.1 Å².